The van der Waals surface area contributed by atoms with Gasteiger partial charge in [0, 0.05) is 0 Å². The van der Waals surface area contributed by atoms with Crippen molar-refractivity contribution >= 4 is 12.6 Å². The predicted octanol–water partition coefficient (Wildman–Crippen LogP) is 3.31. The second-order valence-electron chi connectivity index (χ2n) is 6.11. The SMILES string of the molecule is Cc1c(B2OC(C)(C)C(C)(C)O2)cccc1C(F)(F)F. The van der Waals surface area contributed by atoms with Crippen molar-refractivity contribution in [3.63, 3.8) is 0 Å². The highest BCUT2D eigenvalue weighted by molar-refractivity contribution is 6.62. The maximum Gasteiger partial charge on any atom is 0.495 e. The molecule has 110 valence electrons. The van der Waals surface area contributed by atoms with Crippen LogP contribution in [0.5, 0.6) is 0 Å². The fourth-order valence-electron chi connectivity index (χ4n) is 2.19. The maximum atomic E-state index is 12.9. The summed E-state index contributed by atoms with van der Waals surface area (Å²) in [6.45, 7) is 8.93. The smallest absolute Gasteiger partial charge is 0.399 e. The summed E-state index contributed by atoms with van der Waals surface area (Å²) in [4.78, 5) is 0. The van der Waals surface area contributed by atoms with Gasteiger partial charge in [-0.2, -0.15) is 13.2 Å². The van der Waals surface area contributed by atoms with E-state index in [0.29, 0.717) is 5.46 Å². The Bertz CT molecular complexity index is 508. The Morgan fingerprint density at radius 3 is 1.95 bits per heavy atom. The summed E-state index contributed by atoms with van der Waals surface area (Å²) >= 11 is 0. The standard InChI is InChI=1S/C14H18BF3O2/c1-9-10(14(16,17)18)7-6-8-11(9)15-19-12(2,3)13(4,5)20-15/h6-8H,1-5H3. The maximum absolute atomic E-state index is 12.9. The van der Waals surface area contributed by atoms with Crippen LogP contribution in [-0.2, 0) is 15.5 Å². The Hall–Kier alpha value is -1.01. The molecule has 0 atom stereocenters. The Morgan fingerprint density at radius 2 is 1.50 bits per heavy atom. The summed E-state index contributed by atoms with van der Waals surface area (Å²) in [6, 6.07) is 4.08. The van der Waals surface area contributed by atoms with Gasteiger partial charge in [0.15, 0.2) is 0 Å². The minimum absolute atomic E-state index is 0.151. The average molecular weight is 286 g/mol. The Balaban J connectivity index is 2.42. The van der Waals surface area contributed by atoms with Gasteiger partial charge in [0.25, 0.3) is 0 Å². The molecule has 0 radical (unpaired) electrons. The first-order valence-electron chi connectivity index (χ1n) is 6.48. The van der Waals surface area contributed by atoms with E-state index in [9.17, 15) is 13.2 Å². The molecule has 0 bridgehead atoms. The molecule has 0 spiro atoms. The largest absolute Gasteiger partial charge is 0.495 e. The number of benzene rings is 1. The molecule has 0 amide bonds. The Morgan fingerprint density at radius 1 is 1.00 bits per heavy atom. The summed E-state index contributed by atoms with van der Waals surface area (Å²) in [6.07, 6.45) is -4.37. The zero-order valence-corrected chi connectivity index (χ0v) is 12.3. The van der Waals surface area contributed by atoms with Crippen molar-refractivity contribution in [2.75, 3.05) is 0 Å². The first-order chi connectivity index (χ1) is 8.96. The van der Waals surface area contributed by atoms with Gasteiger partial charge in [0.1, 0.15) is 0 Å². The highest BCUT2D eigenvalue weighted by Crippen LogP contribution is 2.37. The van der Waals surface area contributed by atoms with Gasteiger partial charge in [-0.3, -0.25) is 0 Å². The molecule has 2 nitrogen and oxygen atoms in total. The molecule has 0 aliphatic carbocycles. The first-order valence-corrected chi connectivity index (χ1v) is 6.48. The summed E-state index contributed by atoms with van der Waals surface area (Å²) in [7, 11) is -0.776. The second-order valence-corrected chi connectivity index (χ2v) is 6.11. The van der Waals surface area contributed by atoms with Crippen molar-refractivity contribution in [1.82, 2.24) is 0 Å². The number of hydrogen-bond acceptors (Lipinski definition) is 2. The van der Waals surface area contributed by atoms with E-state index in [2.05, 4.69) is 0 Å². The topological polar surface area (TPSA) is 18.5 Å². The van der Waals surface area contributed by atoms with Crippen LogP contribution in [0.2, 0.25) is 0 Å². The summed E-state index contributed by atoms with van der Waals surface area (Å²) in [5, 5.41) is 0. The Labute approximate surface area is 117 Å². The number of rotatable bonds is 1. The molecule has 1 saturated heterocycles. The second kappa shape index (κ2) is 4.50. The van der Waals surface area contributed by atoms with Gasteiger partial charge in [-0.25, -0.2) is 0 Å². The average Bonchev–Trinajstić information content (AvgIpc) is 2.46. The van der Waals surface area contributed by atoms with E-state index in [4.69, 9.17) is 9.31 Å². The third kappa shape index (κ3) is 2.47. The van der Waals surface area contributed by atoms with Crippen molar-refractivity contribution in [2.24, 2.45) is 0 Å². The molecule has 2 rings (SSSR count). The third-order valence-electron chi connectivity index (χ3n) is 4.19. The predicted molar refractivity (Wildman–Crippen MR) is 71.9 cm³/mol. The molecule has 20 heavy (non-hydrogen) atoms. The van der Waals surface area contributed by atoms with Gasteiger partial charge in [-0.15, -0.1) is 0 Å². The van der Waals surface area contributed by atoms with Crippen LogP contribution in [0.25, 0.3) is 0 Å². The van der Waals surface area contributed by atoms with Gasteiger partial charge in [-0.05, 0) is 51.7 Å². The highest BCUT2D eigenvalue weighted by atomic mass is 19.4. The molecule has 1 aliphatic rings. The van der Waals surface area contributed by atoms with Gasteiger partial charge < -0.3 is 9.31 Å². The zero-order valence-electron chi connectivity index (χ0n) is 12.3. The molecule has 1 heterocycles. The molecular weight excluding hydrogens is 268 g/mol. The van der Waals surface area contributed by atoms with Gasteiger partial charge >= 0.3 is 13.3 Å². The third-order valence-corrected chi connectivity index (χ3v) is 4.19. The highest BCUT2D eigenvalue weighted by Gasteiger charge is 2.52. The van der Waals surface area contributed by atoms with Gasteiger partial charge in [-0.1, -0.05) is 12.1 Å². The van der Waals surface area contributed by atoms with Crippen molar-refractivity contribution in [3.05, 3.63) is 29.3 Å². The van der Waals surface area contributed by atoms with Crippen molar-refractivity contribution in [3.8, 4) is 0 Å². The minimum atomic E-state index is -4.37. The van der Waals surface area contributed by atoms with Crippen LogP contribution in [0.4, 0.5) is 13.2 Å². The number of halogens is 3. The molecule has 0 saturated carbocycles. The van der Waals surface area contributed by atoms with Crippen molar-refractivity contribution in [1.29, 1.82) is 0 Å². The van der Waals surface area contributed by atoms with Crippen LogP contribution in [0, 0.1) is 6.92 Å². The molecule has 1 aromatic rings. The molecule has 0 N–H and O–H groups in total. The molecule has 1 aliphatic heterocycles. The van der Waals surface area contributed by atoms with Gasteiger partial charge in [0.05, 0.1) is 16.8 Å². The minimum Gasteiger partial charge on any atom is -0.399 e. The molecule has 1 aromatic carbocycles. The summed E-state index contributed by atoms with van der Waals surface area (Å²) < 4.78 is 50.4. The van der Waals surface area contributed by atoms with E-state index in [1.165, 1.54) is 13.0 Å². The quantitative estimate of drug-likeness (QED) is 0.737. The van der Waals surface area contributed by atoms with Crippen LogP contribution in [-0.4, -0.2) is 18.3 Å². The fourth-order valence-corrected chi connectivity index (χ4v) is 2.19. The molecule has 6 heteroatoms. The van der Waals surface area contributed by atoms with E-state index < -0.39 is 30.1 Å². The van der Waals surface area contributed by atoms with E-state index in [0.717, 1.165) is 6.07 Å². The summed E-state index contributed by atoms with van der Waals surface area (Å²) in [5.41, 5.74) is -1.21. The number of alkyl halides is 3. The fraction of sp³-hybridized carbons (Fsp3) is 0.571. The van der Waals surface area contributed by atoms with E-state index in [-0.39, 0.29) is 5.56 Å². The molecule has 1 fully saturated rings. The van der Waals surface area contributed by atoms with Crippen molar-refractivity contribution in [2.45, 2.75) is 52.0 Å². The lowest BCUT2D eigenvalue weighted by Crippen LogP contribution is -2.41. The molecule has 0 aromatic heterocycles. The number of hydrogen-bond donors (Lipinski definition) is 0. The molecule has 0 unspecified atom stereocenters. The molecular formula is C14H18BF3O2. The lowest BCUT2D eigenvalue weighted by atomic mass is 9.75. The normalized spacial score (nSPS) is 21.3. The van der Waals surface area contributed by atoms with E-state index >= 15 is 0 Å². The van der Waals surface area contributed by atoms with Crippen LogP contribution >= 0.6 is 0 Å². The van der Waals surface area contributed by atoms with E-state index in [1.54, 1.807) is 6.07 Å². The van der Waals surface area contributed by atoms with Crippen molar-refractivity contribution < 1.29 is 22.5 Å². The Kier molecular flexibility index (Phi) is 3.46. The summed E-state index contributed by atoms with van der Waals surface area (Å²) in [5.74, 6) is 0. The lowest BCUT2D eigenvalue weighted by molar-refractivity contribution is -0.138. The zero-order chi connectivity index (χ0) is 15.3. The van der Waals surface area contributed by atoms with Crippen LogP contribution < -0.4 is 5.46 Å². The lowest BCUT2D eigenvalue weighted by Gasteiger charge is -2.32. The van der Waals surface area contributed by atoms with Crippen LogP contribution in [0.1, 0.15) is 38.8 Å². The van der Waals surface area contributed by atoms with Gasteiger partial charge in [0.2, 0.25) is 0 Å². The first kappa shape index (κ1) is 15.4. The monoisotopic (exact) mass is 286 g/mol. The van der Waals surface area contributed by atoms with E-state index in [1.807, 2.05) is 27.7 Å². The van der Waals surface area contributed by atoms with Crippen LogP contribution in [0.15, 0.2) is 18.2 Å². The van der Waals surface area contributed by atoms with Crippen LogP contribution in [0.3, 0.4) is 0 Å².